The van der Waals surface area contributed by atoms with E-state index < -0.39 is 23.0 Å². The predicted molar refractivity (Wildman–Crippen MR) is 128 cm³/mol. The van der Waals surface area contributed by atoms with Crippen molar-refractivity contribution < 1.29 is 9.18 Å². The molecule has 1 heterocycles. The largest absolute Gasteiger partial charge is 0.352 e. The highest BCUT2D eigenvalue weighted by molar-refractivity contribution is 5.91. The van der Waals surface area contributed by atoms with Gasteiger partial charge in [-0.2, -0.15) is 9.78 Å². The molecule has 0 radical (unpaired) electrons. The molecule has 178 valence electrons. The van der Waals surface area contributed by atoms with E-state index in [4.69, 9.17) is 0 Å². The minimum Gasteiger partial charge on any atom is -0.337 e. The average molecular weight is 465 g/mol. The quantitative estimate of drug-likeness (QED) is 0.578. The van der Waals surface area contributed by atoms with E-state index in [1.807, 2.05) is 31.2 Å². The van der Waals surface area contributed by atoms with Crippen molar-refractivity contribution in [1.82, 2.24) is 19.2 Å². The van der Waals surface area contributed by atoms with E-state index in [-0.39, 0.29) is 24.0 Å². The van der Waals surface area contributed by atoms with E-state index in [1.54, 1.807) is 24.9 Å². The first kappa shape index (κ1) is 23.6. The zero-order valence-electron chi connectivity index (χ0n) is 19.8. The summed E-state index contributed by atoms with van der Waals surface area (Å²) in [6.07, 6.45) is 4.90. The molecular formula is C26H29FN4O3. The molecule has 0 saturated heterocycles. The van der Waals surface area contributed by atoms with Crippen LogP contribution in [0.25, 0.3) is 5.69 Å². The summed E-state index contributed by atoms with van der Waals surface area (Å²) >= 11 is 0. The summed E-state index contributed by atoms with van der Waals surface area (Å²) in [5.74, 6) is -1.04. The van der Waals surface area contributed by atoms with Crippen molar-refractivity contribution in [1.29, 1.82) is 0 Å². The summed E-state index contributed by atoms with van der Waals surface area (Å²) in [5, 5.41) is 4.16. The number of amides is 1. The van der Waals surface area contributed by atoms with Gasteiger partial charge in [-0.05, 0) is 43.9 Å². The second-order valence-corrected chi connectivity index (χ2v) is 9.06. The van der Waals surface area contributed by atoms with Gasteiger partial charge in [0.1, 0.15) is 5.82 Å². The molecule has 0 spiro atoms. The SMILES string of the molecule is Cc1ccc(Cn2c(=O)c(C(=O)N(C)C3CCCCC3)nn(-c3ccc(C)c(F)c3)c2=O)cc1. The lowest BCUT2D eigenvalue weighted by molar-refractivity contribution is 0.0684. The Morgan fingerprint density at radius 1 is 1.06 bits per heavy atom. The minimum atomic E-state index is -0.748. The van der Waals surface area contributed by atoms with Gasteiger partial charge in [-0.3, -0.25) is 14.2 Å². The van der Waals surface area contributed by atoms with E-state index in [2.05, 4.69) is 5.10 Å². The molecule has 4 rings (SSSR count). The van der Waals surface area contributed by atoms with Crippen LogP contribution in [0, 0.1) is 19.7 Å². The van der Waals surface area contributed by atoms with Crippen molar-refractivity contribution in [2.45, 2.75) is 58.5 Å². The number of halogens is 1. The standard InChI is InChI=1S/C26H29FN4O3/c1-17-9-12-19(13-10-17)16-30-25(33)23(24(32)29(3)20-7-5-4-6-8-20)28-31(26(30)34)21-14-11-18(2)22(27)15-21/h9-15,20H,4-8,16H2,1-3H3. The van der Waals surface area contributed by atoms with Crippen LogP contribution in [0.1, 0.15) is 59.3 Å². The topological polar surface area (TPSA) is 77.2 Å². The molecule has 34 heavy (non-hydrogen) atoms. The molecule has 1 aliphatic rings. The number of benzene rings is 2. The van der Waals surface area contributed by atoms with Gasteiger partial charge in [-0.15, -0.1) is 0 Å². The molecule has 2 aromatic carbocycles. The van der Waals surface area contributed by atoms with Crippen LogP contribution < -0.4 is 11.2 Å². The summed E-state index contributed by atoms with van der Waals surface area (Å²) < 4.78 is 16.2. The normalized spacial score (nSPS) is 14.2. The number of carbonyl (C=O) groups excluding carboxylic acids is 1. The fourth-order valence-corrected chi connectivity index (χ4v) is 4.35. The Bertz CT molecular complexity index is 1320. The van der Waals surface area contributed by atoms with E-state index >= 15 is 0 Å². The van der Waals surface area contributed by atoms with Crippen molar-refractivity contribution in [3.05, 3.63) is 91.5 Å². The van der Waals surface area contributed by atoms with Crippen LogP contribution in [-0.2, 0) is 6.54 Å². The van der Waals surface area contributed by atoms with Gasteiger partial charge in [0.2, 0.25) is 5.69 Å². The number of aromatic nitrogens is 3. The molecular weight excluding hydrogens is 435 g/mol. The van der Waals surface area contributed by atoms with Gasteiger partial charge in [0.15, 0.2) is 0 Å². The van der Waals surface area contributed by atoms with Gasteiger partial charge >= 0.3 is 5.69 Å². The lowest BCUT2D eigenvalue weighted by Crippen LogP contribution is -2.48. The molecule has 1 aromatic heterocycles. The molecule has 0 unspecified atom stereocenters. The van der Waals surface area contributed by atoms with Gasteiger partial charge in [-0.1, -0.05) is 55.2 Å². The van der Waals surface area contributed by atoms with Gasteiger partial charge < -0.3 is 4.90 Å². The minimum absolute atomic E-state index is 0.0187. The molecule has 1 aliphatic carbocycles. The van der Waals surface area contributed by atoms with Crippen LogP contribution in [0.5, 0.6) is 0 Å². The zero-order valence-corrected chi connectivity index (χ0v) is 19.8. The highest BCUT2D eigenvalue weighted by Crippen LogP contribution is 2.22. The third-order valence-corrected chi connectivity index (χ3v) is 6.57. The van der Waals surface area contributed by atoms with Crippen LogP contribution in [0.2, 0.25) is 0 Å². The summed E-state index contributed by atoms with van der Waals surface area (Å²) in [7, 11) is 1.67. The van der Waals surface area contributed by atoms with Crippen molar-refractivity contribution in [3.8, 4) is 5.69 Å². The number of rotatable bonds is 5. The van der Waals surface area contributed by atoms with Crippen molar-refractivity contribution in [2.75, 3.05) is 7.05 Å². The number of carbonyl (C=O) groups is 1. The second-order valence-electron chi connectivity index (χ2n) is 9.06. The molecule has 0 atom stereocenters. The maximum absolute atomic E-state index is 14.3. The van der Waals surface area contributed by atoms with Gasteiger partial charge in [-0.25, -0.2) is 9.18 Å². The van der Waals surface area contributed by atoms with Crippen molar-refractivity contribution in [3.63, 3.8) is 0 Å². The number of hydrogen-bond acceptors (Lipinski definition) is 4. The summed E-state index contributed by atoms with van der Waals surface area (Å²) in [6.45, 7) is 3.53. The van der Waals surface area contributed by atoms with Crippen LogP contribution >= 0.6 is 0 Å². The highest BCUT2D eigenvalue weighted by Gasteiger charge is 2.28. The monoisotopic (exact) mass is 464 g/mol. The first-order valence-corrected chi connectivity index (χ1v) is 11.6. The second kappa shape index (κ2) is 9.75. The molecule has 0 bridgehead atoms. The summed E-state index contributed by atoms with van der Waals surface area (Å²) in [5.41, 5.74) is 0.520. The average Bonchev–Trinajstić information content (AvgIpc) is 2.84. The number of hydrogen-bond donors (Lipinski definition) is 0. The van der Waals surface area contributed by atoms with E-state index in [1.165, 1.54) is 12.1 Å². The summed E-state index contributed by atoms with van der Waals surface area (Å²) in [4.78, 5) is 41.6. The third-order valence-electron chi connectivity index (χ3n) is 6.57. The predicted octanol–water partition coefficient (Wildman–Crippen LogP) is 3.60. The molecule has 1 saturated carbocycles. The Hall–Kier alpha value is -3.55. The third kappa shape index (κ3) is 4.71. The van der Waals surface area contributed by atoms with Gasteiger partial charge in [0.25, 0.3) is 11.5 Å². The van der Waals surface area contributed by atoms with E-state index in [0.717, 1.165) is 52.5 Å². The molecule has 8 heteroatoms. The number of aryl methyl sites for hydroxylation is 2. The first-order chi connectivity index (χ1) is 16.3. The molecule has 0 N–H and O–H groups in total. The Labute approximate surface area is 197 Å². The maximum atomic E-state index is 14.3. The van der Waals surface area contributed by atoms with Crippen LogP contribution in [0.3, 0.4) is 0 Å². The van der Waals surface area contributed by atoms with Crippen LogP contribution in [0.4, 0.5) is 4.39 Å². The fraction of sp³-hybridized carbons (Fsp3) is 0.385. The smallest absolute Gasteiger partial charge is 0.337 e. The fourth-order valence-electron chi connectivity index (χ4n) is 4.35. The molecule has 0 aliphatic heterocycles. The van der Waals surface area contributed by atoms with Gasteiger partial charge in [0, 0.05) is 19.2 Å². The Morgan fingerprint density at radius 3 is 2.38 bits per heavy atom. The Morgan fingerprint density at radius 2 is 1.74 bits per heavy atom. The Balaban J connectivity index is 1.85. The molecule has 3 aromatic rings. The van der Waals surface area contributed by atoms with Crippen molar-refractivity contribution in [2.24, 2.45) is 0 Å². The number of nitrogens with zero attached hydrogens (tertiary/aromatic N) is 4. The van der Waals surface area contributed by atoms with Crippen molar-refractivity contribution >= 4 is 5.91 Å². The lowest BCUT2D eigenvalue weighted by atomic mass is 9.94. The first-order valence-electron chi connectivity index (χ1n) is 11.6. The molecule has 1 amide bonds. The van der Waals surface area contributed by atoms with E-state index in [9.17, 15) is 18.8 Å². The van der Waals surface area contributed by atoms with Crippen LogP contribution in [0.15, 0.2) is 52.1 Å². The van der Waals surface area contributed by atoms with E-state index in [0.29, 0.717) is 5.56 Å². The van der Waals surface area contributed by atoms with Gasteiger partial charge in [0.05, 0.1) is 12.2 Å². The lowest BCUT2D eigenvalue weighted by Gasteiger charge is -2.30. The van der Waals surface area contributed by atoms with Crippen LogP contribution in [-0.4, -0.2) is 38.2 Å². The zero-order chi connectivity index (χ0) is 24.4. The maximum Gasteiger partial charge on any atom is 0.352 e. The molecule has 7 nitrogen and oxygen atoms in total. The molecule has 1 fully saturated rings. The Kier molecular flexibility index (Phi) is 6.77. The highest BCUT2D eigenvalue weighted by atomic mass is 19.1. The summed E-state index contributed by atoms with van der Waals surface area (Å²) in [6, 6.07) is 11.7.